The fourth-order valence-corrected chi connectivity index (χ4v) is 2.74. The molecule has 1 fully saturated rings. The predicted octanol–water partition coefficient (Wildman–Crippen LogP) is 2.21. The van der Waals surface area contributed by atoms with Crippen molar-refractivity contribution in [2.75, 3.05) is 18.4 Å². The second kappa shape index (κ2) is 6.54. The van der Waals surface area contributed by atoms with E-state index in [0.29, 0.717) is 6.54 Å². The number of carbonyl (C=O) groups is 1. The Balaban J connectivity index is 1.98. The zero-order valence-corrected chi connectivity index (χ0v) is 12.6. The van der Waals surface area contributed by atoms with E-state index in [4.69, 9.17) is 0 Å². The van der Waals surface area contributed by atoms with Crippen LogP contribution in [-0.4, -0.2) is 35.9 Å². The molecule has 1 aromatic carbocycles. The average Bonchev–Trinajstić information content (AvgIpc) is 2.41. The number of halogens is 1. The lowest BCUT2D eigenvalue weighted by Gasteiger charge is -2.32. The molecule has 0 aliphatic carbocycles. The Morgan fingerprint density at radius 1 is 1.53 bits per heavy atom. The van der Waals surface area contributed by atoms with E-state index < -0.39 is 7.05 Å². The number of amides is 1. The van der Waals surface area contributed by atoms with E-state index >= 15 is 0 Å². The van der Waals surface area contributed by atoms with E-state index in [1.165, 1.54) is 0 Å². The van der Waals surface area contributed by atoms with Crippen molar-refractivity contribution in [1.29, 1.82) is 0 Å². The number of anilines is 1. The highest BCUT2D eigenvalue weighted by Gasteiger charge is 2.29. The second-order valence-electron chi connectivity index (χ2n) is 4.94. The first kappa shape index (κ1) is 14.6. The van der Waals surface area contributed by atoms with Crippen molar-refractivity contribution < 1.29 is 9.82 Å². The topological polar surface area (TPSA) is 52.6 Å². The van der Waals surface area contributed by atoms with Crippen molar-refractivity contribution in [2.24, 2.45) is 5.92 Å². The van der Waals surface area contributed by atoms with Gasteiger partial charge in [0.1, 0.15) is 0 Å². The molecule has 0 spiro atoms. The maximum Gasteiger partial charge on any atom is 0.376 e. The summed E-state index contributed by atoms with van der Waals surface area (Å²) in [5.41, 5.74) is 0.793. The average molecular weight is 325 g/mol. The molecule has 0 radical (unpaired) electrons. The van der Waals surface area contributed by atoms with Crippen molar-refractivity contribution in [2.45, 2.75) is 19.7 Å². The summed E-state index contributed by atoms with van der Waals surface area (Å²) < 4.78 is 0.881. The van der Waals surface area contributed by atoms with Crippen molar-refractivity contribution in [1.82, 2.24) is 4.81 Å². The van der Waals surface area contributed by atoms with Crippen LogP contribution in [0.25, 0.3) is 0 Å². The van der Waals surface area contributed by atoms with Gasteiger partial charge >= 0.3 is 7.05 Å². The molecule has 1 saturated heterocycles. The third-order valence-electron chi connectivity index (χ3n) is 3.48. The van der Waals surface area contributed by atoms with Crippen LogP contribution in [0.5, 0.6) is 0 Å². The van der Waals surface area contributed by atoms with Crippen LogP contribution in [0.4, 0.5) is 5.69 Å². The molecular formula is C13H18BBrN2O2. The zero-order valence-electron chi connectivity index (χ0n) is 11.0. The molecule has 19 heavy (non-hydrogen) atoms. The molecule has 1 atom stereocenters. The summed E-state index contributed by atoms with van der Waals surface area (Å²) in [6.45, 7) is 3.22. The van der Waals surface area contributed by atoms with Gasteiger partial charge in [-0.1, -0.05) is 12.1 Å². The van der Waals surface area contributed by atoms with Gasteiger partial charge in [-0.25, -0.2) is 0 Å². The number of rotatable bonds is 3. The number of piperidine rings is 1. The van der Waals surface area contributed by atoms with E-state index in [9.17, 15) is 9.82 Å². The molecule has 102 valence electrons. The molecule has 2 rings (SSSR count). The number of para-hydroxylation sites is 1. The van der Waals surface area contributed by atoms with Crippen LogP contribution < -0.4 is 5.32 Å². The molecule has 1 aliphatic rings. The monoisotopic (exact) mass is 324 g/mol. The smallest absolute Gasteiger partial charge is 0.376 e. The number of nitrogens with one attached hydrogen (secondary N) is 1. The molecule has 1 unspecified atom stereocenters. The van der Waals surface area contributed by atoms with Crippen LogP contribution in [0.3, 0.4) is 0 Å². The maximum absolute atomic E-state index is 12.2. The highest BCUT2D eigenvalue weighted by Crippen LogP contribution is 2.24. The Morgan fingerprint density at radius 2 is 2.26 bits per heavy atom. The Bertz CT molecular complexity index is 456. The van der Waals surface area contributed by atoms with Gasteiger partial charge in [-0.15, -0.1) is 0 Å². The SMILES string of the molecule is CB(O)N1CCCC(C(=O)Nc2ccccc2Br)C1. The summed E-state index contributed by atoms with van der Waals surface area (Å²) in [7, 11) is -0.487. The molecule has 0 saturated carbocycles. The normalized spacial score (nSPS) is 20.1. The molecule has 0 aromatic heterocycles. The lowest BCUT2D eigenvalue weighted by molar-refractivity contribution is -0.121. The first-order valence-corrected chi connectivity index (χ1v) is 7.34. The predicted molar refractivity (Wildman–Crippen MR) is 80.9 cm³/mol. The highest BCUT2D eigenvalue weighted by atomic mass is 79.9. The summed E-state index contributed by atoms with van der Waals surface area (Å²) in [6.07, 6.45) is 1.82. The van der Waals surface area contributed by atoms with Crippen molar-refractivity contribution in [3.8, 4) is 0 Å². The van der Waals surface area contributed by atoms with E-state index in [0.717, 1.165) is 29.5 Å². The number of benzene rings is 1. The molecule has 1 heterocycles. The number of hydrogen-bond acceptors (Lipinski definition) is 3. The molecular weight excluding hydrogens is 307 g/mol. The van der Waals surface area contributed by atoms with Gasteiger partial charge in [0.2, 0.25) is 5.91 Å². The van der Waals surface area contributed by atoms with Gasteiger partial charge in [-0.2, -0.15) is 0 Å². The second-order valence-corrected chi connectivity index (χ2v) is 5.79. The van der Waals surface area contributed by atoms with Crippen molar-refractivity contribution >= 4 is 34.6 Å². The number of nitrogens with zero attached hydrogens (tertiary/aromatic N) is 1. The summed E-state index contributed by atoms with van der Waals surface area (Å²) >= 11 is 3.42. The molecule has 1 amide bonds. The largest absolute Gasteiger partial charge is 0.437 e. The van der Waals surface area contributed by atoms with Crippen LogP contribution in [0, 0.1) is 5.92 Å². The van der Waals surface area contributed by atoms with Crippen LogP contribution in [0.2, 0.25) is 6.82 Å². The van der Waals surface area contributed by atoms with Crippen molar-refractivity contribution in [3.63, 3.8) is 0 Å². The van der Waals surface area contributed by atoms with Crippen LogP contribution in [-0.2, 0) is 4.79 Å². The number of hydrogen-bond donors (Lipinski definition) is 2. The minimum absolute atomic E-state index is 0.0252. The minimum atomic E-state index is -0.487. The molecule has 4 nitrogen and oxygen atoms in total. The van der Waals surface area contributed by atoms with Crippen LogP contribution in [0.15, 0.2) is 28.7 Å². The van der Waals surface area contributed by atoms with E-state index in [1.807, 2.05) is 29.1 Å². The van der Waals surface area contributed by atoms with E-state index in [-0.39, 0.29) is 11.8 Å². The van der Waals surface area contributed by atoms with E-state index in [2.05, 4.69) is 21.2 Å². The zero-order chi connectivity index (χ0) is 13.8. The quantitative estimate of drug-likeness (QED) is 0.838. The standard InChI is InChI=1S/C13H18BBrN2O2/c1-14(19)17-8-4-5-10(9-17)13(18)16-12-7-3-2-6-11(12)15/h2-3,6-7,10,19H,4-5,8-9H2,1H3,(H,16,18). The summed E-state index contributed by atoms with van der Waals surface area (Å²) in [5.74, 6) is -0.0345. The van der Waals surface area contributed by atoms with Crippen LogP contribution in [0.1, 0.15) is 12.8 Å². The van der Waals surface area contributed by atoms with Gasteiger partial charge < -0.3 is 15.2 Å². The molecule has 2 N–H and O–H groups in total. The fraction of sp³-hybridized carbons (Fsp3) is 0.462. The summed E-state index contributed by atoms with van der Waals surface area (Å²) in [5, 5.41) is 12.5. The van der Waals surface area contributed by atoms with Gasteiger partial charge in [0, 0.05) is 11.0 Å². The van der Waals surface area contributed by atoms with Gasteiger partial charge in [0.05, 0.1) is 11.6 Å². The van der Waals surface area contributed by atoms with Gasteiger partial charge in [0.15, 0.2) is 0 Å². The lowest BCUT2D eigenvalue weighted by atomic mass is 9.80. The van der Waals surface area contributed by atoms with E-state index in [1.54, 1.807) is 6.82 Å². The number of carbonyl (C=O) groups excluding carboxylic acids is 1. The molecule has 6 heteroatoms. The van der Waals surface area contributed by atoms with Gasteiger partial charge in [-0.05, 0) is 54.3 Å². The molecule has 0 bridgehead atoms. The summed E-state index contributed by atoms with van der Waals surface area (Å²) in [4.78, 5) is 14.2. The maximum atomic E-state index is 12.2. The highest BCUT2D eigenvalue weighted by molar-refractivity contribution is 9.10. The Hall–Kier alpha value is -0.845. The fourth-order valence-electron chi connectivity index (χ4n) is 2.36. The van der Waals surface area contributed by atoms with Gasteiger partial charge in [-0.3, -0.25) is 4.79 Å². The Kier molecular flexibility index (Phi) is 5.02. The third kappa shape index (κ3) is 3.81. The van der Waals surface area contributed by atoms with Gasteiger partial charge in [0.25, 0.3) is 0 Å². The minimum Gasteiger partial charge on any atom is -0.437 e. The first-order valence-electron chi connectivity index (χ1n) is 6.55. The Labute approximate surface area is 122 Å². The lowest BCUT2D eigenvalue weighted by Crippen LogP contribution is -2.47. The Morgan fingerprint density at radius 3 is 2.95 bits per heavy atom. The molecule has 1 aromatic rings. The third-order valence-corrected chi connectivity index (χ3v) is 4.18. The van der Waals surface area contributed by atoms with Crippen molar-refractivity contribution in [3.05, 3.63) is 28.7 Å². The first-order chi connectivity index (χ1) is 9.08. The molecule has 1 aliphatic heterocycles. The van der Waals surface area contributed by atoms with Crippen LogP contribution >= 0.6 is 15.9 Å². The summed E-state index contributed by atoms with van der Waals surface area (Å²) in [6, 6.07) is 7.58.